The summed E-state index contributed by atoms with van der Waals surface area (Å²) in [6.45, 7) is 3.99. The molecule has 0 unspecified atom stereocenters. The molecule has 0 aliphatic carbocycles. The summed E-state index contributed by atoms with van der Waals surface area (Å²) in [5.41, 5.74) is 1.63. The predicted molar refractivity (Wildman–Crippen MR) is 106 cm³/mol. The number of nitrogens with zero attached hydrogens (tertiary/aromatic N) is 1. The van der Waals surface area contributed by atoms with E-state index in [4.69, 9.17) is 4.74 Å². The molecule has 2 amide bonds. The molecule has 6 nitrogen and oxygen atoms in total. The predicted octanol–water partition coefficient (Wildman–Crippen LogP) is 2.60. The van der Waals surface area contributed by atoms with Crippen LogP contribution in [0, 0.1) is 12.8 Å². The molecule has 7 heteroatoms. The Bertz CT molecular complexity index is 602. The minimum absolute atomic E-state index is 0. The smallest absolute Gasteiger partial charge is 0.259 e. The lowest BCUT2D eigenvalue weighted by atomic mass is 9.93. The Morgan fingerprint density at radius 2 is 1.96 bits per heavy atom. The Morgan fingerprint density at radius 1 is 1.27 bits per heavy atom. The van der Waals surface area contributed by atoms with E-state index in [0.717, 1.165) is 37.9 Å². The minimum Gasteiger partial charge on any atom is -0.482 e. The number of carbonyl (C=O) groups is 2. The van der Waals surface area contributed by atoms with Crippen LogP contribution in [0.5, 0.6) is 5.75 Å². The van der Waals surface area contributed by atoms with E-state index in [0.29, 0.717) is 23.8 Å². The molecular weight excluding hydrogens is 354 g/mol. The summed E-state index contributed by atoms with van der Waals surface area (Å²) < 4.78 is 5.62. The first-order chi connectivity index (χ1) is 12.0. The molecular formula is C19H30ClN3O3. The zero-order valence-electron chi connectivity index (χ0n) is 15.8. The average molecular weight is 384 g/mol. The Balaban J connectivity index is 0.00000338. The van der Waals surface area contributed by atoms with Crippen LogP contribution < -0.4 is 15.4 Å². The van der Waals surface area contributed by atoms with Gasteiger partial charge in [0.1, 0.15) is 5.75 Å². The van der Waals surface area contributed by atoms with Crippen LogP contribution in [-0.4, -0.2) is 50.5 Å². The van der Waals surface area contributed by atoms with Crippen molar-refractivity contribution in [1.82, 2.24) is 10.2 Å². The van der Waals surface area contributed by atoms with Gasteiger partial charge < -0.3 is 20.3 Å². The number of ether oxygens (including phenoxy) is 1. The van der Waals surface area contributed by atoms with E-state index in [-0.39, 0.29) is 30.8 Å². The molecule has 0 bridgehead atoms. The number of benzene rings is 1. The fraction of sp³-hybridized carbons (Fsp3) is 0.579. The van der Waals surface area contributed by atoms with Crippen LogP contribution in [0.1, 0.15) is 31.2 Å². The van der Waals surface area contributed by atoms with Gasteiger partial charge in [-0.15, -0.1) is 12.4 Å². The number of carbonyl (C=O) groups excluding carboxylic acids is 2. The number of halogens is 1. The van der Waals surface area contributed by atoms with E-state index in [1.165, 1.54) is 4.90 Å². The van der Waals surface area contributed by atoms with Gasteiger partial charge in [0.2, 0.25) is 5.91 Å². The van der Waals surface area contributed by atoms with Crippen molar-refractivity contribution in [1.29, 1.82) is 0 Å². The molecule has 0 spiro atoms. The summed E-state index contributed by atoms with van der Waals surface area (Å²) in [4.78, 5) is 25.5. The van der Waals surface area contributed by atoms with Crippen LogP contribution in [-0.2, 0) is 9.59 Å². The lowest BCUT2D eigenvalue weighted by molar-refractivity contribution is -0.130. The zero-order valence-corrected chi connectivity index (χ0v) is 16.7. The van der Waals surface area contributed by atoms with Crippen molar-refractivity contribution in [2.45, 2.75) is 32.6 Å². The zero-order chi connectivity index (χ0) is 18.2. The maximum absolute atomic E-state index is 12.3. The number of hydrogen-bond acceptors (Lipinski definition) is 4. The van der Waals surface area contributed by atoms with E-state index >= 15 is 0 Å². The normalized spacial score (nSPS) is 14.3. The molecule has 0 saturated carbocycles. The lowest BCUT2D eigenvalue weighted by Crippen LogP contribution is -2.28. The molecule has 2 N–H and O–H groups in total. The van der Waals surface area contributed by atoms with Crippen LogP contribution in [0.2, 0.25) is 0 Å². The van der Waals surface area contributed by atoms with Crippen molar-refractivity contribution in [3.63, 3.8) is 0 Å². The highest BCUT2D eigenvalue weighted by molar-refractivity contribution is 5.92. The van der Waals surface area contributed by atoms with Gasteiger partial charge in [-0.1, -0.05) is 6.07 Å². The van der Waals surface area contributed by atoms with Crippen molar-refractivity contribution >= 4 is 29.9 Å². The van der Waals surface area contributed by atoms with Crippen molar-refractivity contribution in [2.24, 2.45) is 5.92 Å². The molecule has 26 heavy (non-hydrogen) atoms. The molecule has 1 aliphatic heterocycles. The first-order valence-corrected chi connectivity index (χ1v) is 8.90. The van der Waals surface area contributed by atoms with Gasteiger partial charge in [0, 0.05) is 20.5 Å². The second-order valence-corrected chi connectivity index (χ2v) is 6.86. The molecule has 1 saturated heterocycles. The Hall–Kier alpha value is -1.79. The molecule has 0 aromatic heterocycles. The Kier molecular flexibility index (Phi) is 9.44. The monoisotopic (exact) mass is 383 g/mol. The van der Waals surface area contributed by atoms with Gasteiger partial charge in [0.05, 0.1) is 5.69 Å². The third-order valence-corrected chi connectivity index (χ3v) is 4.50. The number of amides is 2. The Morgan fingerprint density at radius 3 is 2.62 bits per heavy atom. The van der Waals surface area contributed by atoms with Crippen LogP contribution in [0.4, 0.5) is 5.69 Å². The van der Waals surface area contributed by atoms with E-state index in [1.54, 1.807) is 14.1 Å². The van der Waals surface area contributed by atoms with Gasteiger partial charge in [0.15, 0.2) is 6.61 Å². The van der Waals surface area contributed by atoms with Gasteiger partial charge >= 0.3 is 0 Å². The molecule has 2 rings (SSSR count). The summed E-state index contributed by atoms with van der Waals surface area (Å²) in [5.74, 6) is 1.03. The summed E-state index contributed by atoms with van der Waals surface area (Å²) in [5, 5.41) is 6.26. The summed E-state index contributed by atoms with van der Waals surface area (Å²) >= 11 is 0. The van der Waals surface area contributed by atoms with E-state index in [9.17, 15) is 9.59 Å². The van der Waals surface area contributed by atoms with Crippen molar-refractivity contribution in [3.8, 4) is 5.75 Å². The highest BCUT2D eigenvalue weighted by Crippen LogP contribution is 2.26. The quantitative estimate of drug-likeness (QED) is 0.759. The molecule has 1 aromatic rings. The van der Waals surface area contributed by atoms with E-state index in [1.807, 2.05) is 25.1 Å². The number of likely N-dealkylation sites (N-methyl/N-ethyl adjacent to an activating group) is 1. The van der Waals surface area contributed by atoms with Crippen molar-refractivity contribution < 1.29 is 14.3 Å². The lowest BCUT2D eigenvalue weighted by Gasteiger charge is -2.22. The highest BCUT2D eigenvalue weighted by Gasteiger charge is 2.16. The minimum atomic E-state index is -0.121. The fourth-order valence-corrected chi connectivity index (χ4v) is 2.84. The van der Waals surface area contributed by atoms with Gasteiger partial charge in [-0.3, -0.25) is 9.59 Å². The third-order valence-electron chi connectivity index (χ3n) is 4.50. The number of anilines is 1. The van der Waals surface area contributed by atoms with Crippen LogP contribution in [0.15, 0.2) is 18.2 Å². The first kappa shape index (κ1) is 22.3. The molecule has 1 heterocycles. The molecule has 0 atom stereocenters. The largest absolute Gasteiger partial charge is 0.482 e. The third kappa shape index (κ3) is 7.22. The highest BCUT2D eigenvalue weighted by atomic mass is 35.5. The summed E-state index contributed by atoms with van der Waals surface area (Å²) in [6.07, 6.45) is 3.70. The van der Waals surface area contributed by atoms with E-state index in [2.05, 4.69) is 10.6 Å². The average Bonchev–Trinajstić information content (AvgIpc) is 2.60. The molecule has 146 valence electrons. The topological polar surface area (TPSA) is 70.7 Å². The fourth-order valence-electron chi connectivity index (χ4n) is 2.84. The van der Waals surface area contributed by atoms with Gasteiger partial charge in [-0.25, -0.2) is 0 Å². The number of rotatable bonds is 7. The second kappa shape index (κ2) is 11.0. The van der Waals surface area contributed by atoms with Crippen molar-refractivity contribution in [2.75, 3.05) is 39.1 Å². The van der Waals surface area contributed by atoms with Crippen LogP contribution in [0.3, 0.4) is 0 Å². The number of piperidine rings is 1. The first-order valence-electron chi connectivity index (χ1n) is 8.90. The molecule has 1 fully saturated rings. The Labute approximate surface area is 162 Å². The van der Waals surface area contributed by atoms with Crippen molar-refractivity contribution in [3.05, 3.63) is 23.8 Å². The maximum Gasteiger partial charge on any atom is 0.259 e. The van der Waals surface area contributed by atoms with Crippen LogP contribution >= 0.6 is 12.4 Å². The molecule has 0 radical (unpaired) electrons. The van der Waals surface area contributed by atoms with Gasteiger partial charge in [-0.05, 0) is 62.9 Å². The van der Waals surface area contributed by atoms with Gasteiger partial charge in [-0.2, -0.15) is 0 Å². The number of nitrogens with one attached hydrogen (secondary N) is 2. The summed E-state index contributed by atoms with van der Waals surface area (Å²) in [7, 11) is 3.37. The maximum atomic E-state index is 12.3. The SMILES string of the molecule is Cc1ccc(NC(=O)CCC2CCNCC2)c(OCC(=O)N(C)C)c1.Cl. The van der Waals surface area contributed by atoms with Gasteiger partial charge in [0.25, 0.3) is 5.91 Å². The second-order valence-electron chi connectivity index (χ2n) is 6.86. The molecule has 1 aliphatic rings. The number of aryl methyl sites for hydroxylation is 1. The standard InChI is InChI=1S/C19H29N3O3.ClH/c1-14-4-6-16(17(12-14)25-13-19(24)22(2)3)21-18(23)7-5-15-8-10-20-11-9-15;/h4,6,12,15,20H,5,7-11,13H2,1-3H3,(H,21,23);1H. The number of hydrogen-bond donors (Lipinski definition) is 2. The van der Waals surface area contributed by atoms with Crippen LogP contribution in [0.25, 0.3) is 0 Å². The summed E-state index contributed by atoms with van der Waals surface area (Å²) in [6, 6.07) is 5.58. The van der Waals surface area contributed by atoms with E-state index < -0.39 is 0 Å². The molecule has 1 aromatic carbocycles.